The third-order valence-electron chi connectivity index (χ3n) is 3.40. The van der Waals surface area contributed by atoms with Crippen LogP contribution in [0.15, 0.2) is 11.1 Å². The number of hydrogen-bond donors (Lipinski definition) is 3. The molecule has 96 valence electrons. The van der Waals surface area contributed by atoms with Gasteiger partial charge in [-0.15, -0.1) is 0 Å². The molecule has 0 aromatic carbocycles. The summed E-state index contributed by atoms with van der Waals surface area (Å²) in [5, 5.41) is 0. The molecule has 0 aliphatic carbocycles. The average molecular weight is 248 g/mol. The van der Waals surface area contributed by atoms with E-state index in [1.165, 1.54) is 6.33 Å². The van der Waals surface area contributed by atoms with Crippen LogP contribution in [0.5, 0.6) is 0 Å². The molecule has 1 aliphatic heterocycles. The molecule has 3 rings (SSSR count). The summed E-state index contributed by atoms with van der Waals surface area (Å²) in [6.07, 6.45) is 2.37. The zero-order valence-corrected chi connectivity index (χ0v) is 10.2. The van der Waals surface area contributed by atoms with Gasteiger partial charge in [-0.1, -0.05) is 0 Å². The van der Waals surface area contributed by atoms with Gasteiger partial charge in [-0.25, -0.2) is 14.8 Å². The topological polar surface area (TPSA) is 104 Å². The Hall–Kier alpha value is -1.73. The smallest absolute Gasteiger partial charge is 0.325 e. The molecule has 0 spiro atoms. The molecule has 2 aromatic heterocycles. The molecule has 1 saturated heterocycles. The van der Waals surface area contributed by atoms with Crippen LogP contribution in [0, 0.1) is 0 Å². The average Bonchev–Trinajstić information content (AvgIpc) is 2.67. The van der Waals surface area contributed by atoms with E-state index in [-0.39, 0.29) is 17.6 Å². The number of nitrogens with two attached hydrogens (primary N) is 1. The second-order valence-corrected chi connectivity index (χ2v) is 4.98. The third-order valence-corrected chi connectivity index (χ3v) is 3.40. The molecule has 3 heterocycles. The van der Waals surface area contributed by atoms with Gasteiger partial charge in [-0.3, -0.25) is 4.98 Å². The lowest BCUT2D eigenvalue weighted by molar-refractivity contribution is 0.225. The van der Waals surface area contributed by atoms with Gasteiger partial charge in [0, 0.05) is 25.0 Å². The fourth-order valence-corrected chi connectivity index (χ4v) is 2.74. The highest BCUT2D eigenvalue weighted by Crippen LogP contribution is 2.27. The first-order valence-corrected chi connectivity index (χ1v) is 6.00. The summed E-state index contributed by atoms with van der Waals surface area (Å²) in [5.74, 6) is 0.232. The van der Waals surface area contributed by atoms with Crippen molar-refractivity contribution in [3.63, 3.8) is 0 Å². The summed E-state index contributed by atoms with van der Waals surface area (Å²) >= 11 is 0. The Kier molecular flexibility index (Phi) is 2.64. The number of nitrogens with zero attached hydrogens (tertiary/aromatic N) is 3. The zero-order valence-electron chi connectivity index (χ0n) is 10.2. The van der Waals surface area contributed by atoms with Crippen molar-refractivity contribution in [3.8, 4) is 0 Å². The normalized spacial score (nSPS) is 25.7. The van der Waals surface area contributed by atoms with E-state index in [2.05, 4.69) is 24.8 Å². The standard InChI is InChI=1S/C11H16N6O/c1-17-3-6(2-7(12)4-17)8-9-10(14-5-13-8)16-11(18)15-9/h5-7H,2-4,12H2,1H3,(H2,13,14,15,16,18). The number of imidazole rings is 1. The van der Waals surface area contributed by atoms with E-state index in [0.717, 1.165) is 25.2 Å². The first-order valence-electron chi connectivity index (χ1n) is 6.00. The van der Waals surface area contributed by atoms with E-state index >= 15 is 0 Å². The second-order valence-electron chi connectivity index (χ2n) is 4.98. The first-order chi connectivity index (χ1) is 8.63. The van der Waals surface area contributed by atoms with Crippen LogP contribution in [-0.2, 0) is 0 Å². The van der Waals surface area contributed by atoms with E-state index in [4.69, 9.17) is 5.73 Å². The molecule has 7 nitrogen and oxygen atoms in total. The van der Waals surface area contributed by atoms with Crippen LogP contribution in [0.3, 0.4) is 0 Å². The minimum absolute atomic E-state index is 0.143. The third kappa shape index (κ3) is 1.91. The van der Waals surface area contributed by atoms with Crippen molar-refractivity contribution in [1.29, 1.82) is 0 Å². The fraction of sp³-hybridized carbons (Fsp3) is 0.545. The molecule has 0 radical (unpaired) electrons. The summed E-state index contributed by atoms with van der Waals surface area (Å²) in [6, 6.07) is 0.143. The van der Waals surface area contributed by atoms with Crippen molar-refractivity contribution in [3.05, 3.63) is 22.5 Å². The van der Waals surface area contributed by atoms with Crippen LogP contribution in [0.2, 0.25) is 0 Å². The van der Waals surface area contributed by atoms with E-state index in [9.17, 15) is 4.79 Å². The molecule has 7 heteroatoms. The number of aromatic amines is 2. The first kappa shape index (κ1) is 11.4. The molecular formula is C11H16N6O. The quantitative estimate of drug-likeness (QED) is 0.624. The molecule has 2 atom stereocenters. The van der Waals surface area contributed by atoms with Crippen LogP contribution in [0.25, 0.3) is 11.2 Å². The molecule has 18 heavy (non-hydrogen) atoms. The van der Waals surface area contributed by atoms with Gasteiger partial charge in [0.25, 0.3) is 0 Å². The Morgan fingerprint density at radius 3 is 3.00 bits per heavy atom. The Morgan fingerprint density at radius 2 is 2.22 bits per heavy atom. The molecule has 2 aromatic rings. The van der Waals surface area contributed by atoms with Crippen LogP contribution in [-0.4, -0.2) is 51.0 Å². The lowest BCUT2D eigenvalue weighted by atomic mass is 9.91. The number of likely N-dealkylation sites (tertiary alicyclic amines) is 1. The highest BCUT2D eigenvalue weighted by molar-refractivity contribution is 5.72. The number of fused-ring (bicyclic) bond motifs is 1. The molecule has 0 amide bonds. The van der Waals surface area contributed by atoms with Crippen molar-refractivity contribution < 1.29 is 0 Å². The van der Waals surface area contributed by atoms with Gasteiger partial charge in [0.05, 0.1) is 5.69 Å². The van der Waals surface area contributed by atoms with Gasteiger partial charge in [0.2, 0.25) is 0 Å². The van der Waals surface area contributed by atoms with Gasteiger partial charge in [0.15, 0.2) is 5.65 Å². The second kappa shape index (κ2) is 4.18. The number of rotatable bonds is 1. The Labute approximate surface area is 103 Å². The van der Waals surface area contributed by atoms with Crippen molar-refractivity contribution in [2.75, 3.05) is 20.1 Å². The summed E-state index contributed by atoms with van der Waals surface area (Å²) < 4.78 is 0. The van der Waals surface area contributed by atoms with Crippen LogP contribution in [0.1, 0.15) is 18.0 Å². The molecule has 4 N–H and O–H groups in total. The van der Waals surface area contributed by atoms with Gasteiger partial charge in [0.1, 0.15) is 11.8 Å². The minimum atomic E-state index is -0.250. The van der Waals surface area contributed by atoms with Crippen LogP contribution in [0.4, 0.5) is 0 Å². The highest BCUT2D eigenvalue weighted by atomic mass is 16.1. The predicted molar refractivity (Wildman–Crippen MR) is 67.3 cm³/mol. The maximum absolute atomic E-state index is 11.3. The van der Waals surface area contributed by atoms with Crippen molar-refractivity contribution in [2.45, 2.75) is 18.4 Å². The number of nitrogens with one attached hydrogen (secondary N) is 2. The summed E-state index contributed by atoms with van der Waals surface area (Å²) in [6.45, 7) is 1.79. The van der Waals surface area contributed by atoms with Gasteiger partial charge >= 0.3 is 5.69 Å². The van der Waals surface area contributed by atoms with Crippen molar-refractivity contribution in [2.24, 2.45) is 5.73 Å². The lowest BCUT2D eigenvalue weighted by Crippen LogP contribution is -2.44. The Balaban J connectivity index is 2.05. The number of likely N-dealkylation sites (N-methyl/N-ethyl adjacent to an activating group) is 1. The van der Waals surface area contributed by atoms with Crippen LogP contribution >= 0.6 is 0 Å². The van der Waals surface area contributed by atoms with Gasteiger partial charge < -0.3 is 15.6 Å². The van der Waals surface area contributed by atoms with Gasteiger partial charge in [-0.05, 0) is 13.5 Å². The van der Waals surface area contributed by atoms with Crippen LogP contribution < -0.4 is 11.4 Å². The molecule has 0 saturated carbocycles. The lowest BCUT2D eigenvalue weighted by Gasteiger charge is -2.33. The fourth-order valence-electron chi connectivity index (χ4n) is 2.74. The molecular weight excluding hydrogens is 232 g/mol. The molecule has 1 fully saturated rings. The zero-order chi connectivity index (χ0) is 12.7. The number of H-pyrrole nitrogens is 2. The number of hydrogen-bond acceptors (Lipinski definition) is 5. The van der Waals surface area contributed by atoms with E-state index < -0.39 is 0 Å². The van der Waals surface area contributed by atoms with E-state index in [1.54, 1.807) is 0 Å². The van der Waals surface area contributed by atoms with Crippen molar-refractivity contribution >= 4 is 11.2 Å². The SMILES string of the molecule is CN1CC(N)CC(c2ncnc3[nH]c(=O)[nH]c23)C1. The number of aromatic nitrogens is 4. The predicted octanol–water partition coefficient (Wildman–Crippen LogP) is -0.607. The summed E-state index contributed by atoms with van der Waals surface area (Å²) in [7, 11) is 2.05. The maximum atomic E-state index is 11.3. The Morgan fingerprint density at radius 1 is 1.39 bits per heavy atom. The highest BCUT2D eigenvalue weighted by Gasteiger charge is 2.27. The minimum Gasteiger partial charge on any atom is -0.327 e. The van der Waals surface area contributed by atoms with E-state index in [1.807, 2.05) is 7.05 Å². The molecule has 0 bridgehead atoms. The Bertz CT molecular complexity index is 607. The van der Waals surface area contributed by atoms with Crippen molar-refractivity contribution in [1.82, 2.24) is 24.8 Å². The molecule has 2 unspecified atom stereocenters. The van der Waals surface area contributed by atoms with E-state index in [0.29, 0.717) is 11.2 Å². The largest absolute Gasteiger partial charge is 0.327 e. The summed E-state index contributed by atoms with van der Waals surface area (Å²) in [5.41, 5.74) is 7.93. The monoisotopic (exact) mass is 248 g/mol. The molecule has 1 aliphatic rings. The number of piperidine rings is 1. The van der Waals surface area contributed by atoms with Gasteiger partial charge in [-0.2, -0.15) is 0 Å². The maximum Gasteiger partial charge on any atom is 0.325 e. The summed E-state index contributed by atoms with van der Waals surface area (Å²) in [4.78, 5) is 27.3.